The molecule has 3 aromatic carbocycles. The summed E-state index contributed by atoms with van der Waals surface area (Å²) in [7, 11) is 4.42. The highest BCUT2D eigenvalue weighted by Gasteiger charge is 2.25. The Labute approximate surface area is 388 Å². The van der Waals surface area contributed by atoms with Gasteiger partial charge in [0.05, 0.1) is 57.4 Å². The van der Waals surface area contributed by atoms with Crippen molar-refractivity contribution in [2.75, 3.05) is 77.7 Å². The first-order valence-electron chi connectivity index (χ1n) is 21.8. The zero-order chi connectivity index (χ0) is 47.2. The van der Waals surface area contributed by atoms with Crippen molar-refractivity contribution in [3.63, 3.8) is 0 Å². The third kappa shape index (κ3) is 10.5. The van der Waals surface area contributed by atoms with E-state index < -0.39 is 13.5 Å². The molecule has 17 heteroatoms. The molecule has 67 heavy (non-hydrogen) atoms. The van der Waals surface area contributed by atoms with Gasteiger partial charge >= 0.3 is 5.97 Å². The third-order valence-corrected chi connectivity index (χ3v) is 12.7. The number of hydrogen-bond donors (Lipinski definition) is 2. The maximum absolute atomic E-state index is 13.5. The number of anilines is 2. The van der Waals surface area contributed by atoms with Crippen molar-refractivity contribution in [3.8, 4) is 33.7 Å². The number of nitrogens with one attached hydrogen (secondary N) is 2. The Morgan fingerprint density at radius 1 is 0.821 bits per heavy atom. The second kappa shape index (κ2) is 20.6. The molecule has 0 fully saturated rings. The highest BCUT2D eigenvalue weighted by molar-refractivity contribution is 7.47. The average molecular weight is 925 g/mol. The minimum atomic E-state index is -0.773. The molecular weight excluding hydrogens is 872 g/mol. The van der Waals surface area contributed by atoms with E-state index in [9.17, 15) is 14.4 Å². The number of amides is 2. The monoisotopic (exact) mass is 924 g/mol. The summed E-state index contributed by atoms with van der Waals surface area (Å²) >= 11 is 0. The first-order valence-corrected chi connectivity index (χ1v) is 24.3. The van der Waals surface area contributed by atoms with E-state index in [2.05, 4.69) is 51.4 Å². The first kappa shape index (κ1) is 46.4. The molecule has 0 saturated carbocycles. The average Bonchev–Trinajstić information content (AvgIpc) is 3.98. The Morgan fingerprint density at radius 3 is 2.36 bits per heavy atom. The molecule has 8 rings (SSSR count). The van der Waals surface area contributed by atoms with Crippen LogP contribution in [0, 0.1) is 18.8 Å². The lowest BCUT2D eigenvalue weighted by Gasteiger charge is -2.20. The molecule has 346 valence electrons. The molecular formula is C50H53N8O8P. The lowest BCUT2D eigenvalue weighted by Crippen LogP contribution is -2.28. The van der Waals surface area contributed by atoms with E-state index in [1.54, 1.807) is 22.9 Å². The molecule has 0 saturated heterocycles. The van der Waals surface area contributed by atoms with Gasteiger partial charge in [0, 0.05) is 83.3 Å². The number of aromatic nitrogens is 5. The normalized spacial score (nSPS) is 11.5. The number of ether oxygens (including phenoxy) is 2. The van der Waals surface area contributed by atoms with Crippen LogP contribution in [0.4, 0.5) is 11.4 Å². The van der Waals surface area contributed by atoms with Gasteiger partial charge in [-0.2, -0.15) is 4.89 Å². The fraction of sp³-hybridized carbons (Fsp3) is 0.260. The molecule has 1 aliphatic heterocycles. The van der Waals surface area contributed by atoms with Gasteiger partial charge in [-0.25, -0.2) is 14.5 Å². The number of rotatable bonds is 17. The van der Waals surface area contributed by atoms with Crippen LogP contribution in [0.15, 0.2) is 108 Å². The second-order valence-electron chi connectivity index (χ2n) is 16.4. The zero-order valence-electron chi connectivity index (χ0n) is 38.5. The van der Waals surface area contributed by atoms with E-state index in [1.807, 2.05) is 104 Å². The lowest BCUT2D eigenvalue weighted by molar-refractivity contribution is -0.216. The van der Waals surface area contributed by atoms with Crippen LogP contribution >= 0.6 is 7.55 Å². The molecule has 2 amide bonds. The fourth-order valence-corrected chi connectivity index (χ4v) is 8.64. The number of hydrogen-bond acceptors (Lipinski definition) is 12. The van der Waals surface area contributed by atoms with Gasteiger partial charge in [0.15, 0.2) is 0 Å². The van der Waals surface area contributed by atoms with Crippen LogP contribution in [0.25, 0.3) is 50.3 Å². The summed E-state index contributed by atoms with van der Waals surface area (Å²) in [5.41, 5.74) is 9.40. The molecule has 4 heterocycles. The molecule has 0 unspecified atom stereocenters. The number of nitrogens with zero attached hydrogens (tertiary/aromatic N) is 6. The van der Waals surface area contributed by atoms with Gasteiger partial charge in [0.1, 0.15) is 22.7 Å². The van der Waals surface area contributed by atoms with E-state index in [4.69, 9.17) is 23.7 Å². The summed E-state index contributed by atoms with van der Waals surface area (Å²) in [6.45, 7) is 10.4. The quantitative estimate of drug-likeness (QED) is 0.0295. The summed E-state index contributed by atoms with van der Waals surface area (Å²) in [5, 5.41) is 15.1. The molecule has 6 aromatic rings. The van der Waals surface area contributed by atoms with Gasteiger partial charge in [0.2, 0.25) is 0 Å². The molecule has 2 N–H and O–H groups in total. The van der Waals surface area contributed by atoms with Crippen molar-refractivity contribution in [2.24, 2.45) is 0 Å². The zero-order valence-corrected chi connectivity index (χ0v) is 39.5. The predicted octanol–water partition coefficient (Wildman–Crippen LogP) is 8.23. The lowest BCUT2D eigenvalue weighted by atomic mass is 9.89. The van der Waals surface area contributed by atoms with Gasteiger partial charge in [-0.1, -0.05) is 29.5 Å². The summed E-state index contributed by atoms with van der Waals surface area (Å²) in [6.07, 6.45) is 3.68. The van der Waals surface area contributed by atoms with Crippen LogP contribution in [-0.4, -0.2) is 110 Å². The van der Waals surface area contributed by atoms with Crippen LogP contribution in [0.5, 0.6) is 0 Å². The van der Waals surface area contributed by atoms with Gasteiger partial charge in [-0.05, 0) is 98.3 Å². The smallest absolute Gasteiger partial charge is 0.373 e. The standard InChI is InChI=1S/C50H53N8O8P/c1-31-26-32(2)58-20-18-41(47(58)52-31)49(60)53-35-11-8-33(9-12-35)43-30-57(55-54-43)21-23-64-25-24-63-22-19-51-48(59)34-10-15-38(42(27-34)50(61)66-62-5)46-39-16-13-36(56(3)4)28-44(39)65-45-29-37(67(6)7)14-17-40(45)46/h8-18,20,26-30,67H,19,21-25H2,1-7H3,(H,51,59)(H,53,60). The molecule has 0 bridgehead atoms. The topological polar surface area (TPSA) is 177 Å². The van der Waals surface area contributed by atoms with Crippen molar-refractivity contribution in [2.45, 2.75) is 20.4 Å². The van der Waals surface area contributed by atoms with Gasteiger partial charge in [-0.15, -0.1) is 12.6 Å². The van der Waals surface area contributed by atoms with Gasteiger partial charge in [0.25, 0.3) is 11.8 Å². The van der Waals surface area contributed by atoms with Crippen LogP contribution < -0.4 is 15.5 Å². The summed E-state index contributed by atoms with van der Waals surface area (Å²) < 4.78 is 21.6. The van der Waals surface area contributed by atoms with Crippen LogP contribution in [0.1, 0.15) is 42.5 Å². The van der Waals surface area contributed by atoms with Crippen molar-refractivity contribution in [1.29, 1.82) is 0 Å². The largest absolute Gasteiger partial charge is 0.456 e. The minimum absolute atomic E-state index is 0.165. The fourth-order valence-electron chi connectivity index (χ4n) is 7.80. The molecule has 3 aromatic heterocycles. The van der Waals surface area contributed by atoms with E-state index in [1.165, 1.54) is 18.1 Å². The molecule has 1 aliphatic carbocycles. The van der Waals surface area contributed by atoms with Crippen LogP contribution in [0.3, 0.4) is 0 Å². The third-order valence-electron chi connectivity index (χ3n) is 11.3. The summed E-state index contributed by atoms with van der Waals surface area (Å²) in [6, 6.07) is 28.3. The van der Waals surface area contributed by atoms with Crippen LogP contribution in [0.2, 0.25) is 0 Å². The first-order chi connectivity index (χ1) is 32.4. The van der Waals surface area contributed by atoms with Crippen molar-refractivity contribution in [3.05, 3.63) is 136 Å². The number of aryl methyl sites for hydroxylation is 2. The van der Waals surface area contributed by atoms with Crippen molar-refractivity contribution in [1.82, 2.24) is 29.7 Å². The number of benzene rings is 4. The van der Waals surface area contributed by atoms with E-state index in [-0.39, 0.29) is 36.1 Å². The van der Waals surface area contributed by atoms with Crippen molar-refractivity contribution < 1.29 is 38.0 Å². The Morgan fingerprint density at radius 2 is 1.60 bits per heavy atom. The molecule has 0 radical (unpaired) electrons. The maximum atomic E-state index is 13.5. The number of carbonyl (C=O) groups excluding carboxylic acids is 3. The number of fused-ring (bicyclic) bond motifs is 3. The van der Waals surface area contributed by atoms with E-state index >= 15 is 0 Å². The van der Waals surface area contributed by atoms with Crippen LogP contribution in [-0.2, 0) is 25.8 Å². The SMILES string of the molecule is COOC(=O)c1cc(C(=O)NCCOCCOCCn2cc(-c3ccc(NC(=O)c4ccn5c(C)cc(C)nc45)cc3)nn2)ccc1-c1c2ccc(=[PH](C)C)cc-2oc2cc(N(C)C)ccc12. The highest BCUT2D eigenvalue weighted by atomic mass is 31.1. The Hall–Kier alpha value is -7.10. The predicted molar refractivity (Wildman–Crippen MR) is 260 cm³/mol. The molecule has 0 spiro atoms. The molecule has 16 nitrogen and oxygen atoms in total. The van der Waals surface area contributed by atoms with E-state index in [0.717, 1.165) is 39.2 Å². The Bertz CT molecular complexity index is 3150. The molecule has 2 aliphatic rings. The highest BCUT2D eigenvalue weighted by Crippen LogP contribution is 2.43. The van der Waals surface area contributed by atoms with Gasteiger partial charge < -0.3 is 33.8 Å². The maximum Gasteiger partial charge on any atom is 0.373 e. The molecule has 0 atom stereocenters. The Balaban J connectivity index is 0.816. The minimum Gasteiger partial charge on any atom is -0.456 e. The summed E-state index contributed by atoms with van der Waals surface area (Å²) in [5.74, 6) is -0.659. The Kier molecular flexibility index (Phi) is 14.3. The second-order valence-corrected chi connectivity index (χ2v) is 19.0. The van der Waals surface area contributed by atoms with Crippen molar-refractivity contribution >= 4 is 53.3 Å². The van der Waals surface area contributed by atoms with Gasteiger partial charge in [-0.3, -0.25) is 14.5 Å². The van der Waals surface area contributed by atoms with E-state index in [0.29, 0.717) is 65.9 Å². The number of carbonyl (C=O) groups is 3. The summed E-state index contributed by atoms with van der Waals surface area (Å²) in [4.78, 5) is 57.5.